The Morgan fingerprint density at radius 3 is 2.90 bits per heavy atom. The molecule has 0 amide bonds. The fourth-order valence-electron chi connectivity index (χ4n) is 4.77. The van der Waals surface area contributed by atoms with Gasteiger partial charge < -0.3 is 14.4 Å². The third-order valence-corrected chi connectivity index (χ3v) is 6.30. The van der Waals surface area contributed by atoms with E-state index in [9.17, 15) is 9.90 Å². The first-order chi connectivity index (χ1) is 15.1. The quantitative estimate of drug-likeness (QED) is 0.445. The molecule has 5 nitrogen and oxygen atoms in total. The highest BCUT2D eigenvalue weighted by Crippen LogP contribution is 2.36. The summed E-state index contributed by atoms with van der Waals surface area (Å²) in [5.74, 6) is -0.346. The molecule has 0 fully saturated rings. The first-order valence-electron chi connectivity index (χ1n) is 10.9. The van der Waals surface area contributed by atoms with Gasteiger partial charge in [-0.2, -0.15) is 0 Å². The SMILES string of the molecule is COC(=O)/C=C/c1ccc2c(c1)CCC2N(CCO)CCc1cn(C)c2ccccc12. The van der Waals surface area contributed by atoms with Gasteiger partial charge in [-0.05, 0) is 53.7 Å². The monoisotopic (exact) mass is 418 g/mol. The van der Waals surface area contributed by atoms with Crippen LogP contribution in [0.1, 0.15) is 34.7 Å². The Labute approximate surface area is 183 Å². The van der Waals surface area contributed by atoms with Gasteiger partial charge in [-0.1, -0.05) is 36.4 Å². The molecule has 1 N–H and O–H groups in total. The van der Waals surface area contributed by atoms with Crippen molar-refractivity contribution >= 4 is 22.9 Å². The lowest BCUT2D eigenvalue weighted by atomic mass is 10.0. The molecule has 1 heterocycles. The molecule has 1 atom stereocenters. The molecule has 0 radical (unpaired) electrons. The molecule has 2 aromatic carbocycles. The van der Waals surface area contributed by atoms with Gasteiger partial charge in [-0.15, -0.1) is 0 Å². The molecule has 1 aliphatic carbocycles. The number of benzene rings is 2. The molecule has 3 aromatic rings. The Bertz CT molecular complexity index is 1100. The number of carbonyl (C=O) groups excluding carboxylic acids is 1. The lowest BCUT2D eigenvalue weighted by Crippen LogP contribution is -2.32. The van der Waals surface area contributed by atoms with Crippen molar-refractivity contribution < 1.29 is 14.6 Å². The number of ether oxygens (including phenoxy) is 1. The molecular weight excluding hydrogens is 388 g/mol. The van der Waals surface area contributed by atoms with Gasteiger partial charge in [0.1, 0.15) is 0 Å². The second-order valence-corrected chi connectivity index (χ2v) is 8.16. The fraction of sp³-hybridized carbons (Fsp3) is 0.346. The van der Waals surface area contributed by atoms with Crippen LogP contribution >= 0.6 is 0 Å². The van der Waals surface area contributed by atoms with Crippen LogP contribution in [0, 0.1) is 0 Å². The van der Waals surface area contributed by atoms with Crippen LogP contribution in [0.25, 0.3) is 17.0 Å². The number of nitrogens with zero attached hydrogens (tertiary/aromatic N) is 2. The van der Waals surface area contributed by atoms with Gasteiger partial charge in [0.15, 0.2) is 0 Å². The number of para-hydroxylation sites is 1. The zero-order valence-electron chi connectivity index (χ0n) is 18.3. The molecule has 5 heteroatoms. The maximum Gasteiger partial charge on any atom is 0.330 e. The summed E-state index contributed by atoms with van der Waals surface area (Å²) in [5.41, 5.74) is 6.27. The van der Waals surface area contributed by atoms with Gasteiger partial charge in [-0.3, -0.25) is 4.90 Å². The molecule has 0 aliphatic heterocycles. The number of methoxy groups -OCH3 is 1. The number of aliphatic hydroxyl groups excluding tert-OH is 1. The second kappa shape index (κ2) is 9.50. The smallest absolute Gasteiger partial charge is 0.330 e. The lowest BCUT2D eigenvalue weighted by molar-refractivity contribution is -0.134. The molecule has 31 heavy (non-hydrogen) atoms. The minimum absolute atomic E-state index is 0.154. The lowest BCUT2D eigenvalue weighted by Gasteiger charge is -2.29. The zero-order chi connectivity index (χ0) is 21.8. The van der Waals surface area contributed by atoms with Gasteiger partial charge in [-0.25, -0.2) is 4.79 Å². The Hall–Kier alpha value is -2.89. The highest BCUT2D eigenvalue weighted by atomic mass is 16.5. The summed E-state index contributed by atoms with van der Waals surface area (Å²) >= 11 is 0. The molecule has 1 unspecified atom stereocenters. The van der Waals surface area contributed by atoms with Gasteiger partial charge in [0.2, 0.25) is 0 Å². The molecule has 1 aliphatic rings. The molecule has 0 spiro atoms. The van der Waals surface area contributed by atoms with Crippen molar-refractivity contribution in [1.82, 2.24) is 9.47 Å². The number of hydrogen-bond donors (Lipinski definition) is 1. The number of rotatable bonds is 8. The predicted octanol–water partition coefficient (Wildman–Crippen LogP) is 3.89. The summed E-state index contributed by atoms with van der Waals surface area (Å²) in [6.07, 6.45) is 8.49. The minimum Gasteiger partial charge on any atom is -0.466 e. The molecule has 0 saturated heterocycles. The average molecular weight is 419 g/mol. The Morgan fingerprint density at radius 2 is 2.10 bits per heavy atom. The number of esters is 1. The van der Waals surface area contributed by atoms with E-state index >= 15 is 0 Å². The summed E-state index contributed by atoms with van der Waals surface area (Å²) in [6.45, 7) is 1.73. The zero-order valence-corrected chi connectivity index (χ0v) is 18.3. The summed E-state index contributed by atoms with van der Waals surface area (Å²) in [6, 6.07) is 15.2. The molecule has 0 saturated carbocycles. The van der Waals surface area contributed by atoms with Crippen molar-refractivity contribution in [3.63, 3.8) is 0 Å². The van der Waals surface area contributed by atoms with Gasteiger partial charge in [0.25, 0.3) is 0 Å². The van der Waals surface area contributed by atoms with Crippen molar-refractivity contribution in [3.05, 3.63) is 77.0 Å². The Kier molecular flexibility index (Phi) is 6.54. The van der Waals surface area contributed by atoms with Crippen LogP contribution < -0.4 is 0 Å². The first kappa shape index (κ1) is 21.3. The highest BCUT2D eigenvalue weighted by Gasteiger charge is 2.27. The standard InChI is InChI=1S/C26H30N2O3/c1-27-18-21(22-5-3-4-6-24(22)27)13-14-28(15-16-29)25-11-9-20-17-19(7-10-23(20)25)8-12-26(30)31-2/h3-8,10,12,17-18,25,29H,9,11,13-16H2,1-2H3/b12-8+. The minimum atomic E-state index is -0.346. The molecular formula is C26H30N2O3. The summed E-state index contributed by atoms with van der Waals surface area (Å²) < 4.78 is 6.86. The van der Waals surface area contributed by atoms with Crippen LogP contribution in [0.5, 0.6) is 0 Å². The third-order valence-electron chi connectivity index (χ3n) is 6.30. The third kappa shape index (κ3) is 4.58. The van der Waals surface area contributed by atoms with E-state index in [0.717, 1.165) is 31.4 Å². The first-order valence-corrected chi connectivity index (χ1v) is 10.9. The number of aryl methyl sites for hydroxylation is 2. The molecule has 4 rings (SSSR count). The van der Waals surface area contributed by atoms with E-state index in [1.54, 1.807) is 6.08 Å². The largest absolute Gasteiger partial charge is 0.466 e. The van der Waals surface area contributed by atoms with E-state index in [1.807, 2.05) is 0 Å². The van der Waals surface area contributed by atoms with E-state index < -0.39 is 0 Å². The molecule has 0 bridgehead atoms. The van der Waals surface area contributed by atoms with Gasteiger partial charge in [0.05, 0.1) is 13.7 Å². The van der Waals surface area contributed by atoms with E-state index in [-0.39, 0.29) is 12.6 Å². The van der Waals surface area contributed by atoms with Crippen LogP contribution in [0.15, 0.2) is 54.7 Å². The Balaban J connectivity index is 1.51. The fourth-order valence-corrected chi connectivity index (χ4v) is 4.77. The Morgan fingerprint density at radius 1 is 1.26 bits per heavy atom. The van der Waals surface area contributed by atoms with Gasteiger partial charge in [0, 0.05) is 49.4 Å². The van der Waals surface area contributed by atoms with E-state index in [4.69, 9.17) is 0 Å². The predicted molar refractivity (Wildman–Crippen MR) is 124 cm³/mol. The van der Waals surface area contributed by atoms with Gasteiger partial charge >= 0.3 is 5.97 Å². The maximum absolute atomic E-state index is 11.4. The van der Waals surface area contributed by atoms with E-state index in [0.29, 0.717) is 12.6 Å². The molecule has 1 aromatic heterocycles. The van der Waals surface area contributed by atoms with Crippen LogP contribution in [-0.2, 0) is 29.4 Å². The number of fused-ring (bicyclic) bond motifs is 2. The van der Waals surface area contributed by atoms with Crippen molar-refractivity contribution in [2.24, 2.45) is 7.05 Å². The van der Waals surface area contributed by atoms with Crippen molar-refractivity contribution in [2.45, 2.75) is 25.3 Å². The maximum atomic E-state index is 11.4. The van der Waals surface area contributed by atoms with Crippen LogP contribution in [0.3, 0.4) is 0 Å². The van der Waals surface area contributed by atoms with E-state index in [1.165, 1.54) is 40.8 Å². The van der Waals surface area contributed by atoms with Crippen molar-refractivity contribution in [2.75, 3.05) is 26.8 Å². The number of aliphatic hydroxyl groups is 1. The summed E-state index contributed by atoms with van der Waals surface area (Å²) in [4.78, 5) is 13.8. The average Bonchev–Trinajstić information content (AvgIpc) is 3.36. The van der Waals surface area contributed by atoms with Crippen LogP contribution in [0.2, 0.25) is 0 Å². The normalized spacial score (nSPS) is 15.8. The number of carbonyl (C=O) groups is 1. The van der Waals surface area contributed by atoms with E-state index in [2.05, 4.69) is 69.9 Å². The summed E-state index contributed by atoms with van der Waals surface area (Å²) in [7, 11) is 3.48. The highest BCUT2D eigenvalue weighted by molar-refractivity contribution is 5.87. The van der Waals surface area contributed by atoms with Crippen LogP contribution in [-0.4, -0.2) is 47.3 Å². The summed E-state index contributed by atoms with van der Waals surface area (Å²) in [5, 5.41) is 11.0. The van der Waals surface area contributed by atoms with Crippen LogP contribution in [0.4, 0.5) is 0 Å². The van der Waals surface area contributed by atoms with Crippen molar-refractivity contribution in [1.29, 1.82) is 0 Å². The van der Waals surface area contributed by atoms with Crippen molar-refractivity contribution in [3.8, 4) is 0 Å². The second-order valence-electron chi connectivity index (χ2n) is 8.16. The number of aromatic nitrogens is 1. The topological polar surface area (TPSA) is 54.7 Å². The number of hydrogen-bond acceptors (Lipinski definition) is 4. The molecule has 162 valence electrons.